The van der Waals surface area contributed by atoms with Crippen molar-refractivity contribution in [3.63, 3.8) is 0 Å². The van der Waals surface area contributed by atoms with Crippen molar-refractivity contribution >= 4 is 27.4 Å². The van der Waals surface area contributed by atoms with Gasteiger partial charge in [-0.15, -0.1) is 11.3 Å². The molecule has 18 heavy (non-hydrogen) atoms. The largest absolute Gasteiger partial charge is 0.355 e. The number of rotatable bonds is 1. The van der Waals surface area contributed by atoms with Gasteiger partial charge in [0.25, 0.3) is 0 Å². The van der Waals surface area contributed by atoms with E-state index in [1.807, 2.05) is 0 Å². The molecule has 0 aromatic carbocycles. The molecule has 0 aliphatic carbocycles. The first kappa shape index (κ1) is 11.9. The van der Waals surface area contributed by atoms with Crippen LogP contribution in [0.15, 0.2) is 12.4 Å². The van der Waals surface area contributed by atoms with Crippen LogP contribution in [0.4, 0.5) is 5.82 Å². The van der Waals surface area contributed by atoms with Crippen LogP contribution in [0.5, 0.6) is 0 Å². The Balaban J connectivity index is 2.02. The molecule has 3 heterocycles. The number of fused-ring (bicyclic) bond motifs is 1. The van der Waals surface area contributed by atoms with Crippen LogP contribution in [0.1, 0.15) is 25.1 Å². The van der Waals surface area contributed by atoms with E-state index in [4.69, 9.17) is 0 Å². The van der Waals surface area contributed by atoms with Crippen molar-refractivity contribution in [3.05, 3.63) is 17.3 Å². The van der Waals surface area contributed by atoms with E-state index in [2.05, 4.69) is 41.7 Å². The van der Waals surface area contributed by atoms with E-state index in [1.165, 1.54) is 16.7 Å². The minimum absolute atomic E-state index is 0.749. The summed E-state index contributed by atoms with van der Waals surface area (Å²) in [5.41, 5.74) is 0. The van der Waals surface area contributed by atoms with Gasteiger partial charge in [-0.05, 0) is 31.2 Å². The van der Waals surface area contributed by atoms with Crippen LogP contribution in [0.25, 0.3) is 10.2 Å². The van der Waals surface area contributed by atoms with E-state index in [-0.39, 0.29) is 0 Å². The van der Waals surface area contributed by atoms with Gasteiger partial charge in [0, 0.05) is 18.0 Å². The second-order valence-electron chi connectivity index (χ2n) is 5.62. The minimum atomic E-state index is 0.749. The van der Waals surface area contributed by atoms with Gasteiger partial charge >= 0.3 is 0 Å². The SMILES string of the molecule is Cc1cc2c(N3CC(C)CC(C)C3)ncnc2s1. The number of aromatic nitrogens is 2. The zero-order chi connectivity index (χ0) is 12.7. The Morgan fingerprint density at radius 3 is 2.67 bits per heavy atom. The van der Waals surface area contributed by atoms with Gasteiger partial charge in [0.05, 0.1) is 5.39 Å². The summed E-state index contributed by atoms with van der Waals surface area (Å²) in [5.74, 6) is 2.62. The summed E-state index contributed by atoms with van der Waals surface area (Å²) < 4.78 is 0. The maximum atomic E-state index is 4.53. The fourth-order valence-corrected chi connectivity index (χ4v) is 3.89. The lowest BCUT2D eigenvalue weighted by Gasteiger charge is -2.36. The predicted octanol–water partition coefficient (Wildman–Crippen LogP) is 3.48. The number of aryl methyl sites for hydroxylation is 1. The molecule has 0 N–H and O–H groups in total. The highest BCUT2D eigenvalue weighted by Crippen LogP contribution is 2.32. The molecule has 4 heteroatoms. The fourth-order valence-electron chi connectivity index (χ4n) is 3.05. The average molecular weight is 261 g/mol. The summed E-state index contributed by atoms with van der Waals surface area (Å²) in [4.78, 5) is 13.8. The standard InChI is InChI=1S/C14H19N3S/c1-9-4-10(2)7-17(6-9)13-12-5-11(3)18-14(12)16-8-15-13/h5,8-10H,4,6-7H2,1-3H3. The first-order valence-electron chi connectivity index (χ1n) is 6.59. The van der Waals surface area contributed by atoms with Crippen molar-refractivity contribution in [3.8, 4) is 0 Å². The number of hydrogen-bond donors (Lipinski definition) is 0. The Bertz CT molecular complexity index is 553. The Morgan fingerprint density at radius 2 is 1.94 bits per heavy atom. The molecule has 0 saturated carbocycles. The number of hydrogen-bond acceptors (Lipinski definition) is 4. The first-order valence-corrected chi connectivity index (χ1v) is 7.41. The Hall–Kier alpha value is -1.16. The van der Waals surface area contributed by atoms with Crippen LogP contribution >= 0.6 is 11.3 Å². The van der Waals surface area contributed by atoms with Crippen molar-refractivity contribution in [1.29, 1.82) is 0 Å². The molecule has 2 aromatic rings. The third-order valence-electron chi connectivity index (χ3n) is 3.60. The van der Waals surface area contributed by atoms with Gasteiger partial charge in [-0.1, -0.05) is 13.8 Å². The second-order valence-corrected chi connectivity index (χ2v) is 6.86. The van der Waals surface area contributed by atoms with Crippen molar-refractivity contribution in [1.82, 2.24) is 9.97 Å². The zero-order valence-electron chi connectivity index (χ0n) is 11.2. The molecule has 0 amide bonds. The number of thiophene rings is 1. The van der Waals surface area contributed by atoms with Gasteiger partial charge in [0.2, 0.25) is 0 Å². The van der Waals surface area contributed by atoms with Crippen LogP contribution in [-0.2, 0) is 0 Å². The first-order chi connectivity index (χ1) is 8.63. The van der Waals surface area contributed by atoms with E-state index in [1.54, 1.807) is 17.7 Å². The summed E-state index contributed by atoms with van der Waals surface area (Å²) in [6.07, 6.45) is 3.03. The van der Waals surface area contributed by atoms with E-state index in [0.29, 0.717) is 0 Å². The molecule has 3 rings (SSSR count). The quantitative estimate of drug-likeness (QED) is 0.787. The summed E-state index contributed by atoms with van der Waals surface area (Å²) in [7, 11) is 0. The number of piperidine rings is 1. The monoisotopic (exact) mass is 261 g/mol. The van der Waals surface area contributed by atoms with Gasteiger partial charge in [-0.25, -0.2) is 9.97 Å². The smallest absolute Gasteiger partial charge is 0.140 e. The van der Waals surface area contributed by atoms with Gasteiger partial charge in [-0.2, -0.15) is 0 Å². The molecule has 2 unspecified atom stereocenters. The van der Waals surface area contributed by atoms with Crippen molar-refractivity contribution < 1.29 is 0 Å². The molecular formula is C14H19N3S. The van der Waals surface area contributed by atoms with Crippen molar-refractivity contribution in [2.75, 3.05) is 18.0 Å². The highest BCUT2D eigenvalue weighted by molar-refractivity contribution is 7.18. The minimum Gasteiger partial charge on any atom is -0.355 e. The zero-order valence-corrected chi connectivity index (χ0v) is 12.0. The molecule has 1 saturated heterocycles. The highest BCUT2D eigenvalue weighted by atomic mass is 32.1. The molecule has 96 valence electrons. The number of nitrogens with zero attached hydrogens (tertiary/aromatic N) is 3. The lowest BCUT2D eigenvalue weighted by molar-refractivity contribution is 0.356. The van der Waals surface area contributed by atoms with Crippen LogP contribution < -0.4 is 4.90 Å². The van der Waals surface area contributed by atoms with Crippen LogP contribution in [0.2, 0.25) is 0 Å². The van der Waals surface area contributed by atoms with Gasteiger partial charge in [-0.3, -0.25) is 0 Å². The van der Waals surface area contributed by atoms with Gasteiger partial charge in [0.1, 0.15) is 17.0 Å². The molecule has 0 radical (unpaired) electrons. The predicted molar refractivity (Wildman–Crippen MR) is 77.3 cm³/mol. The fraction of sp³-hybridized carbons (Fsp3) is 0.571. The Kier molecular flexibility index (Phi) is 2.98. The maximum Gasteiger partial charge on any atom is 0.140 e. The van der Waals surface area contributed by atoms with Crippen molar-refractivity contribution in [2.45, 2.75) is 27.2 Å². The average Bonchev–Trinajstić information content (AvgIpc) is 2.67. The topological polar surface area (TPSA) is 29.0 Å². The molecule has 2 aromatic heterocycles. The Labute approximate surface area is 112 Å². The lowest BCUT2D eigenvalue weighted by atomic mass is 9.92. The van der Waals surface area contributed by atoms with Crippen LogP contribution in [-0.4, -0.2) is 23.1 Å². The summed E-state index contributed by atoms with van der Waals surface area (Å²) in [6.45, 7) is 9.04. The third kappa shape index (κ3) is 2.09. The molecule has 3 nitrogen and oxygen atoms in total. The van der Waals surface area contributed by atoms with Gasteiger partial charge < -0.3 is 4.90 Å². The lowest BCUT2D eigenvalue weighted by Crippen LogP contribution is -2.39. The van der Waals surface area contributed by atoms with Crippen LogP contribution in [0.3, 0.4) is 0 Å². The van der Waals surface area contributed by atoms with Gasteiger partial charge in [0.15, 0.2) is 0 Å². The van der Waals surface area contributed by atoms with Crippen molar-refractivity contribution in [2.24, 2.45) is 11.8 Å². The molecule has 0 bridgehead atoms. The van der Waals surface area contributed by atoms with E-state index >= 15 is 0 Å². The molecule has 0 spiro atoms. The maximum absolute atomic E-state index is 4.53. The molecular weight excluding hydrogens is 242 g/mol. The third-order valence-corrected chi connectivity index (χ3v) is 4.56. The van der Waals surface area contributed by atoms with E-state index < -0.39 is 0 Å². The molecule has 2 atom stereocenters. The molecule has 1 aliphatic heterocycles. The molecule has 1 aliphatic rings. The normalized spacial score (nSPS) is 24.7. The van der Waals surface area contributed by atoms with E-state index in [0.717, 1.165) is 35.6 Å². The summed E-state index contributed by atoms with van der Waals surface area (Å²) in [5, 5.41) is 1.22. The van der Waals surface area contributed by atoms with E-state index in [9.17, 15) is 0 Å². The number of anilines is 1. The Morgan fingerprint density at radius 1 is 1.22 bits per heavy atom. The second kappa shape index (κ2) is 4.50. The summed E-state index contributed by atoms with van der Waals surface area (Å²) in [6, 6.07) is 2.22. The highest BCUT2D eigenvalue weighted by Gasteiger charge is 2.24. The van der Waals surface area contributed by atoms with Crippen LogP contribution in [0, 0.1) is 18.8 Å². The summed E-state index contributed by atoms with van der Waals surface area (Å²) >= 11 is 1.75. The molecule has 1 fully saturated rings.